The largest absolute Gasteiger partial charge is 0.130 e. The molecule has 0 fully saturated rings. The molecule has 0 atom stereocenters. The van der Waals surface area contributed by atoms with Gasteiger partial charge in [-0.2, -0.15) is 0 Å². The van der Waals surface area contributed by atoms with Crippen molar-refractivity contribution in [3.63, 3.8) is 0 Å². The molecule has 0 heterocycles. The van der Waals surface area contributed by atoms with Gasteiger partial charge in [-0.1, -0.05) is 30.7 Å². The Hall–Kier alpha value is -0.430. The minimum atomic E-state index is 1.12. The molecule has 0 nitrogen and oxygen atoms in total. The Kier molecular flexibility index (Phi) is 3.50. The van der Waals surface area contributed by atoms with Gasteiger partial charge in [0, 0.05) is 4.91 Å². The Labute approximate surface area is 73.1 Å². The highest BCUT2D eigenvalue weighted by Crippen LogP contribution is 2.25. The Bertz CT molecular complexity index is 209. The fraction of sp³-hybridized carbons (Fsp3) is 0.400. The van der Waals surface area contributed by atoms with E-state index in [0.717, 1.165) is 6.42 Å². The molecule has 0 unspecified atom stereocenters. The van der Waals surface area contributed by atoms with E-state index < -0.39 is 0 Å². The van der Waals surface area contributed by atoms with Crippen molar-refractivity contribution >= 4 is 11.8 Å². The van der Waals surface area contributed by atoms with E-state index in [-0.39, 0.29) is 0 Å². The van der Waals surface area contributed by atoms with Crippen LogP contribution in [0.1, 0.15) is 19.8 Å². The van der Waals surface area contributed by atoms with E-state index in [0.29, 0.717) is 0 Å². The summed E-state index contributed by atoms with van der Waals surface area (Å²) >= 11 is 1.84. The number of hydrogen-bond acceptors (Lipinski definition) is 1. The lowest BCUT2D eigenvalue weighted by Crippen LogP contribution is -1.82. The third kappa shape index (κ3) is 2.26. The van der Waals surface area contributed by atoms with Crippen LogP contribution in [0.3, 0.4) is 0 Å². The molecular weight excluding hydrogens is 152 g/mol. The van der Waals surface area contributed by atoms with Crippen molar-refractivity contribution in [3.05, 3.63) is 34.8 Å². The Balaban J connectivity index is 2.85. The minimum Gasteiger partial charge on any atom is -0.130 e. The molecule has 11 heavy (non-hydrogen) atoms. The third-order valence-electron chi connectivity index (χ3n) is 1.85. The number of thioether (sulfide) groups is 1. The van der Waals surface area contributed by atoms with Gasteiger partial charge in [0.05, 0.1) is 0 Å². The average Bonchev–Trinajstić information content (AvgIpc) is 2.27. The van der Waals surface area contributed by atoms with Gasteiger partial charge in [-0.15, -0.1) is 11.8 Å². The molecule has 1 heteroatoms. The highest BCUT2D eigenvalue weighted by Gasteiger charge is 2.00. The van der Waals surface area contributed by atoms with Crippen LogP contribution in [0, 0.1) is 0 Å². The van der Waals surface area contributed by atoms with Crippen molar-refractivity contribution in [2.24, 2.45) is 0 Å². The monoisotopic (exact) mass is 166 g/mol. The van der Waals surface area contributed by atoms with Gasteiger partial charge in [0.1, 0.15) is 0 Å². The van der Waals surface area contributed by atoms with Gasteiger partial charge in [-0.25, -0.2) is 0 Å². The van der Waals surface area contributed by atoms with Crippen LogP contribution in [0.2, 0.25) is 0 Å². The van der Waals surface area contributed by atoms with E-state index in [4.69, 9.17) is 0 Å². The molecular formula is C10H14S. The van der Waals surface area contributed by atoms with Crippen molar-refractivity contribution < 1.29 is 0 Å². The van der Waals surface area contributed by atoms with Crippen molar-refractivity contribution in [3.8, 4) is 0 Å². The zero-order valence-corrected chi connectivity index (χ0v) is 7.95. The lowest BCUT2D eigenvalue weighted by molar-refractivity contribution is 1.03. The Morgan fingerprint density at radius 2 is 2.27 bits per heavy atom. The van der Waals surface area contributed by atoms with Crippen LogP contribution in [0.15, 0.2) is 34.8 Å². The van der Waals surface area contributed by atoms with Crippen molar-refractivity contribution in [2.75, 3.05) is 6.26 Å². The SMILES string of the molecule is CCC1=C(SC)C=CC=CC1. The third-order valence-corrected chi connectivity index (χ3v) is 2.72. The normalized spacial score (nSPS) is 17.3. The molecule has 0 aromatic rings. The van der Waals surface area contributed by atoms with E-state index in [1.54, 1.807) is 5.57 Å². The van der Waals surface area contributed by atoms with Crippen LogP contribution in [0.4, 0.5) is 0 Å². The zero-order valence-electron chi connectivity index (χ0n) is 7.13. The second-order valence-corrected chi connectivity index (χ2v) is 3.36. The molecule has 1 aliphatic rings. The Morgan fingerprint density at radius 3 is 2.91 bits per heavy atom. The first-order chi connectivity index (χ1) is 5.38. The summed E-state index contributed by atoms with van der Waals surface area (Å²) in [6.45, 7) is 2.22. The summed E-state index contributed by atoms with van der Waals surface area (Å²) in [7, 11) is 0. The van der Waals surface area contributed by atoms with Crippen LogP contribution in [-0.4, -0.2) is 6.26 Å². The van der Waals surface area contributed by atoms with E-state index in [1.165, 1.54) is 11.3 Å². The summed E-state index contributed by atoms with van der Waals surface area (Å²) in [5, 5.41) is 0. The molecule has 1 rings (SSSR count). The fourth-order valence-electron chi connectivity index (χ4n) is 1.18. The summed E-state index contributed by atoms with van der Waals surface area (Å²) in [4.78, 5) is 1.44. The summed E-state index contributed by atoms with van der Waals surface area (Å²) in [5.74, 6) is 0. The number of hydrogen-bond donors (Lipinski definition) is 0. The van der Waals surface area contributed by atoms with E-state index in [2.05, 4.69) is 37.5 Å². The van der Waals surface area contributed by atoms with Gasteiger partial charge in [-0.05, 0) is 25.2 Å². The summed E-state index contributed by atoms with van der Waals surface area (Å²) in [6.07, 6.45) is 13.1. The second-order valence-electron chi connectivity index (χ2n) is 2.52. The predicted octanol–water partition coefficient (Wildman–Crippen LogP) is 3.53. The van der Waals surface area contributed by atoms with Gasteiger partial charge in [-0.3, -0.25) is 0 Å². The van der Waals surface area contributed by atoms with Gasteiger partial charge in [0.25, 0.3) is 0 Å². The standard InChI is InChI=1S/C10H14S/c1-3-9-7-5-4-6-8-10(9)11-2/h4-6,8H,3,7H2,1-2H3. The highest BCUT2D eigenvalue weighted by atomic mass is 32.2. The second kappa shape index (κ2) is 4.45. The van der Waals surface area contributed by atoms with Crippen LogP contribution < -0.4 is 0 Å². The molecule has 0 spiro atoms. The molecule has 0 aromatic carbocycles. The topological polar surface area (TPSA) is 0 Å². The summed E-state index contributed by atoms with van der Waals surface area (Å²) in [5.41, 5.74) is 1.56. The fourth-order valence-corrected chi connectivity index (χ4v) is 1.91. The summed E-state index contributed by atoms with van der Waals surface area (Å²) in [6, 6.07) is 0. The molecule has 0 radical (unpaired) electrons. The summed E-state index contributed by atoms with van der Waals surface area (Å²) < 4.78 is 0. The van der Waals surface area contributed by atoms with E-state index >= 15 is 0 Å². The predicted molar refractivity (Wildman–Crippen MR) is 53.7 cm³/mol. The van der Waals surface area contributed by atoms with Gasteiger partial charge < -0.3 is 0 Å². The zero-order chi connectivity index (χ0) is 8.10. The lowest BCUT2D eigenvalue weighted by atomic mass is 10.1. The van der Waals surface area contributed by atoms with E-state index in [1.807, 2.05) is 11.8 Å². The molecule has 0 bridgehead atoms. The molecule has 0 aliphatic heterocycles. The number of rotatable bonds is 2. The Morgan fingerprint density at radius 1 is 1.45 bits per heavy atom. The first kappa shape index (κ1) is 8.66. The molecule has 1 aliphatic carbocycles. The van der Waals surface area contributed by atoms with Crippen molar-refractivity contribution in [1.29, 1.82) is 0 Å². The van der Waals surface area contributed by atoms with E-state index in [9.17, 15) is 0 Å². The molecule has 0 N–H and O–H groups in total. The molecule has 0 saturated carbocycles. The smallest absolute Gasteiger partial charge is 0.00641 e. The average molecular weight is 166 g/mol. The molecule has 0 aromatic heterocycles. The maximum absolute atomic E-state index is 2.22. The van der Waals surface area contributed by atoms with Crippen molar-refractivity contribution in [2.45, 2.75) is 19.8 Å². The van der Waals surface area contributed by atoms with Gasteiger partial charge in [0.2, 0.25) is 0 Å². The first-order valence-electron chi connectivity index (χ1n) is 3.97. The van der Waals surface area contributed by atoms with Crippen LogP contribution in [0.25, 0.3) is 0 Å². The van der Waals surface area contributed by atoms with Crippen molar-refractivity contribution in [1.82, 2.24) is 0 Å². The first-order valence-corrected chi connectivity index (χ1v) is 5.20. The maximum atomic E-state index is 2.22. The lowest BCUT2D eigenvalue weighted by Gasteiger charge is -2.04. The van der Waals surface area contributed by atoms with Crippen LogP contribution >= 0.6 is 11.8 Å². The number of allylic oxidation sites excluding steroid dienone is 5. The minimum absolute atomic E-state index is 1.12. The molecule has 0 amide bonds. The van der Waals surface area contributed by atoms with Crippen LogP contribution in [0.5, 0.6) is 0 Å². The molecule has 60 valence electrons. The quantitative estimate of drug-likeness (QED) is 0.604. The van der Waals surface area contributed by atoms with Crippen LogP contribution in [-0.2, 0) is 0 Å². The highest BCUT2D eigenvalue weighted by molar-refractivity contribution is 8.02. The molecule has 0 saturated heterocycles. The maximum Gasteiger partial charge on any atom is 0.00641 e. The van der Waals surface area contributed by atoms with Gasteiger partial charge >= 0.3 is 0 Å². The van der Waals surface area contributed by atoms with Gasteiger partial charge in [0.15, 0.2) is 0 Å².